The lowest BCUT2D eigenvalue weighted by Crippen LogP contribution is -2.42. The number of nitrogens with zero attached hydrogens (tertiary/aromatic N) is 3. The molecule has 202 valence electrons. The predicted molar refractivity (Wildman–Crippen MR) is 158 cm³/mol. The number of sulfone groups is 1. The molecule has 6 rings (SSSR count). The van der Waals surface area contributed by atoms with Crippen molar-refractivity contribution < 1.29 is 18.0 Å². The average molecular weight is 590 g/mol. The van der Waals surface area contributed by atoms with Crippen LogP contribution in [0.1, 0.15) is 17.9 Å². The van der Waals surface area contributed by atoms with Gasteiger partial charge in [0.1, 0.15) is 6.54 Å². The summed E-state index contributed by atoms with van der Waals surface area (Å²) in [5.74, 6) is -1.58. The molecule has 12 heteroatoms. The number of amides is 2. The van der Waals surface area contributed by atoms with Crippen LogP contribution in [0, 0.1) is 0 Å². The van der Waals surface area contributed by atoms with E-state index in [1.165, 1.54) is 33.6 Å². The normalized spacial score (nSPS) is 15.8. The third-order valence-corrected chi connectivity index (χ3v) is 10.1. The number of anilines is 3. The van der Waals surface area contributed by atoms with Gasteiger partial charge in [-0.25, -0.2) is 18.4 Å². The van der Waals surface area contributed by atoms with E-state index in [0.717, 1.165) is 16.0 Å². The third-order valence-electron chi connectivity index (χ3n) is 6.78. The maximum atomic E-state index is 14.1. The van der Waals surface area contributed by atoms with E-state index < -0.39 is 21.7 Å². The van der Waals surface area contributed by atoms with E-state index >= 15 is 0 Å². The van der Waals surface area contributed by atoms with Gasteiger partial charge >= 0.3 is 0 Å². The first-order chi connectivity index (χ1) is 19.3. The highest BCUT2D eigenvalue weighted by Gasteiger charge is 2.37. The topological polar surface area (TPSA) is 135 Å². The Morgan fingerprint density at radius 1 is 1.05 bits per heavy atom. The fraction of sp³-hybridized carbons (Fsp3) is 0.143. The van der Waals surface area contributed by atoms with Crippen molar-refractivity contribution in [1.82, 2.24) is 9.97 Å². The Balaban J connectivity index is 1.28. The number of benzene rings is 3. The van der Waals surface area contributed by atoms with Gasteiger partial charge in [-0.3, -0.25) is 9.59 Å². The number of aromatic nitrogens is 2. The number of hydrogen-bond acceptors (Lipinski definition) is 9. The van der Waals surface area contributed by atoms with Crippen molar-refractivity contribution in [3.8, 4) is 11.3 Å². The Labute approximate surface area is 238 Å². The van der Waals surface area contributed by atoms with Crippen molar-refractivity contribution in [2.45, 2.75) is 17.2 Å². The zero-order chi connectivity index (χ0) is 27.9. The molecule has 1 atom stereocenters. The summed E-state index contributed by atoms with van der Waals surface area (Å²) in [6.45, 7) is -0.260. The minimum Gasteiger partial charge on any atom is -0.375 e. The van der Waals surface area contributed by atoms with E-state index in [1.807, 2.05) is 23.6 Å². The van der Waals surface area contributed by atoms with E-state index in [1.54, 1.807) is 48.0 Å². The Bertz CT molecular complexity index is 1850. The van der Waals surface area contributed by atoms with Gasteiger partial charge in [-0.2, -0.15) is 0 Å². The zero-order valence-corrected chi connectivity index (χ0v) is 23.4. The number of nitrogens with one attached hydrogen (secondary N) is 1. The van der Waals surface area contributed by atoms with E-state index in [0.29, 0.717) is 27.6 Å². The van der Waals surface area contributed by atoms with Crippen molar-refractivity contribution in [3.05, 3.63) is 83.2 Å². The molecule has 0 saturated carbocycles. The highest BCUT2D eigenvalue weighted by atomic mass is 32.2. The van der Waals surface area contributed by atoms with Crippen LogP contribution in [-0.4, -0.2) is 42.5 Å². The molecule has 2 amide bonds. The van der Waals surface area contributed by atoms with Gasteiger partial charge in [0.05, 0.1) is 38.0 Å². The molecule has 3 heterocycles. The molecule has 5 aromatic rings. The average Bonchev–Trinajstić information content (AvgIpc) is 3.60. The van der Waals surface area contributed by atoms with Crippen LogP contribution < -0.4 is 16.0 Å². The molecule has 1 aliphatic heterocycles. The molecule has 0 radical (unpaired) electrons. The van der Waals surface area contributed by atoms with Gasteiger partial charge in [0.15, 0.2) is 15.0 Å². The molecule has 0 spiro atoms. The van der Waals surface area contributed by atoms with Gasteiger partial charge < -0.3 is 16.0 Å². The van der Waals surface area contributed by atoms with Crippen LogP contribution in [0.3, 0.4) is 0 Å². The summed E-state index contributed by atoms with van der Waals surface area (Å²) in [6.07, 6.45) is 0.137. The molecule has 3 N–H and O–H groups in total. The SMILES string of the molecule is Nc1nc(-c2ccc(NC(=O)CN(C(=O)C3CCS(=O)(=O)c4ccccc43)c3ccc4scnc4c3)cc2)cs1. The van der Waals surface area contributed by atoms with Gasteiger partial charge in [-0.05, 0) is 48.4 Å². The first-order valence-corrected chi connectivity index (χ1v) is 15.8. The molecule has 9 nitrogen and oxygen atoms in total. The van der Waals surface area contributed by atoms with Gasteiger partial charge in [-0.15, -0.1) is 22.7 Å². The van der Waals surface area contributed by atoms with Crippen LogP contribution in [0.2, 0.25) is 0 Å². The molecular formula is C28H23N5O4S3. The Morgan fingerprint density at radius 2 is 1.85 bits per heavy atom. The number of rotatable bonds is 6. The van der Waals surface area contributed by atoms with Crippen LogP contribution in [0.4, 0.5) is 16.5 Å². The summed E-state index contributed by atoms with van der Waals surface area (Å²) in [5.41, 5.74) is 11.3. The maximum absolute atomic E-state index is 14.1. The quantitative estimate of drug-likeness (QED) is 0.287. The van der Waals surface area contributed by atoms with Crippen molar-refractivity contribution in [3.63, 3.8) is 0 Å². The number of nitrogen functional groups attached to an aromatic ring is 1. The summed E-state index contributed by atoms with van der Waals surface area (Å²) in [6, 6.07) is 19.2. The molecule has 0 fully saturated rings. The van der Waals surface area contributed by atoms with E-state index in [4.69, 9.17) is 5.73 Å². The highest BCUT2D eigenvalue weighted by molar-refractivity contribution is 7.91. The summed E-state index contributed by atoms with van der Waals surface area (Å²) < 4.78 is 26.3. The lowest BCUT2D eigenvalue weighted by atomic mass is 9.94. The minimum absolute atomic E-state index is 0.136. The smallest absolute Gasteiger partial charge is 0.244 e. The van der Waals surface area contributed by atoms with Crippen molar-refractivity contribution in [1.29, 1.82) is 0 Å². The van der Waals surface area contributed by atoms with Gasteiger partial charge in [0.2, 0.25) is 11.8 Å². The number of carbonyl (C=O) groups excluding carboxylic acids is 2. The van der Waals surface area contributed by atoms with Crippen molar-refractivity contribution >= 4 is 71.0 Å². The number of thiazole rings is 2. The number of carbonyl (C=O) groups is 2. The molecule has 0 saturated heterocycles. The fourth-order valence-corrected chi connectivity index (χ4v) is 7.69. The van der Waals surface area contributed by atoms with Crippen LogP contribution >= 0.6 is 22.7 Å². The molecular weight excluding hydrogens is 567 g/mol. The van der Waals surface area contributed by atoms with Crippen molar-refractivity contribution in [2.75, 3.05) is 28.2 Å². The largest absolute Gasteiger partial charge is 0.375 e. The molecule has 0 aliphatic carbocycles. The fourth-order valence-electron chi connectivity index (χ4n) is 4.83. The van der Waals surface area contributed by atoms with Gasteiger partial charge in [0.25, 0.3) is 0 Å². The molecule has 3 aromatic carbocycles. The summed E-state index contributed by atoms with van der Waals surface area (Å²) >= 11 is 2.83. The third kappa shape index (κ3) is 5.08. The lowest BCUT2D eigenvalue weighted by Gasteiger charge is -2.30. The molecule has 2 aromatic heterocycles. The zero-order valence-electron chi connectivity index (χ0n) is 21.0. The van der Waals surface area contributed by atoms with Crippen LogP contribution in [-0.2, 0) is 19.4 Å². The van der Waals surface area contributed by atoms with E-state index in [2.05, 4.69) is 15.3 Å². The number of fused-ring (bicyclic) bond motifs is 2. The van der Waals surface area contributed by atoms with E-state index in [-0.39, 0.29) is 29.5 Å². The molecule has 40 heavy (non-hydrogen) atoms. The lowest BCUT2D eigenvalue weighted by molar-refractivity contribution is -0.122. The van der Waals surface area contributed by atoms with Crippen molar-refractivity contribution in [2.24, 2.45) is 0 Å². The maximum Gasteiger partial charge on any atom is 0.244 e. The van der Waals surface area contributed by atoms with Gasteiger partial charge in [-0.1, -0.05) is 30.3 Å². The Hall–Kier alpha value is -4.13. The first-order valence-electron chi connectivity index (χ1n) is 12.4. The first kappa shape index (κ1) is 26.1. The summed E-state index contributed by atoms with van der Waals surface area (Å²) in [4.78, 5) is 37.5. The highest BCUT2D eigenvalue weighted by Crippen LogP contribution is 2.36. The molecule has 1 unspecified atom stereocenters. The Morgan fingerprint density at radius 3 is 2.62 bits per heavy atom. The van der Waals surface area contributed by atoms with Crippen LogP contribution in [0.25, 0.3) is 21.5 Å². The minimum atomic E-state index is -3.48. The molecule has 0 bridgehead atoms. The van der Waals surface area contributed by atoms with Crippen LogP contribution in [0.15, 0.2) is 82.5 Å². The second-order valence-electron chi connectivity index (χ2n) is 9.32. The van der Waals surface area contributed by atoms with Gasteiger partial charge in [0, 0.05) is 22.3 Å². The van der Waals surface area contributed by atoms with Crippen LogP contribution in [0.5, 0.6) is 0 Å². The van der Waals surface area contributed by atoms with E-state index in [9.17, 15) is 18.0 Å². The Kier molecular flexibility index (Phi) is 6.82. The summed E-state index contributed by atoms with van der Waals surface area (Å²) in [7, 11) is -3.48. The number of hydrogen-bond donors (Lipinski definition) is 2. The second kappa shape index (κ2) is 10.5. The predicted octanol–water partition coefficient (Wildman–Crippen LogP) is 4.93. The number of nitrogens with two attached hydrogens (primary N) is 1. The standard InChI is InChI=1S/C28H23N5O4S3/c29-28-32-23(15-38-28)17-5-7-18(8-6-17)31-26(34)14-33(19-9-10-24-22(13-19)30-16-39-24)27(35)21-11-12-40(36,37)25-4-2-1-3-20(21)25/h1-10,13,15-16,21H,11-12,14H2,(H2,29,32)(H,31,34). The monoisotopic (exact) mass is 589 g/mol. The second-order valence-corrected chi connectivity index (χ2v) is 13.2. The summed E-state index contributed by atoms with van der Waals surface area (Å²) in [5, 5.41) is 5.20. The molecule has 1 aliphatic rings.